The molecule has 8 nitrogen and oxygen atoms in total. The minimum Gasteiger partial charge on any atom is -0.394 e. The van der Waals surface area contributed by atoms with Crippen LogP contribution in [0, 0.1) is 0 Å². The van der Waals surface area contributed by atoms with E-state index in [1.165, 1.54) is 4.90 Å². The Hall–Kier alpha value is -1.38. The number of hydrogen-bond donors (Lipinski definition) is 4. The number of aliphatic imine (C=N–C) groups is 1. The number of nitrogens with zero attached hydrogens (tertiary/aromatic N) is 2. The van der Waals surface area contributed by atoms with E-state index in [1.54, 1.807) is 0 Å². The summed E-state index contributed by atoms with van der Waals surface area (Å²) in [6.07, 6.45) is -1.75. The van der Waals surface area contributed by atoms with Gasteiger partial charge in [-0.3, -0.25) is 10.2 Å². The van der Waals surface area contributed by atoms with Crippen LogP contribution in [-0.2, 0) is 4.74 Å². The highest BCUT2D eigenvalue weighted by atomic mass is 16.5. The quantitative estimate of drug-likeness (QED) is 0.427. The maximum absolute atomic E-state index is 11.5. The third-order valence-corrected chi connectivity index (χ3v) is 2.62. The molecule has 3 atom stereocenters. The number of guanidine groups is 1. The zero-order valence-electron chi connectivity index (χ0n) is 8.54. The zero-order valence-corrected chi connectivity index (χ0v) is 8.54. The summed E-state index contributed by atoms with van der Waals surface area (Å²) in [5.41, 5.74) is 5.33. The molecule has 16 heavy (non-hydrogen) atoms. The Morgan fingerprint density at radius 2 is 2.44 bits per heavy atom. The van der Waals surface area contributed by atoms with Gasteiger partial charge in [0.2, 0.25) is 0 Å². The van der Waals surface area contributed by atoms with Gasteiger partial charge in [0.25, 0.3) is 0 Å². The summed E-state index contributed by atoms with van der Waals surface area (Å²) >= 11 is 0. The van der Waals surface area contributed by atoms with Crippen LogP contribution in [0.1, 0.15) is 6.42 Å². The lowest BCUT2D eigenvalue weighted by Crippen LogP contribution is -2.54. The number of aliphatic hydroxyl groups is 2. The van der Waals surface area contributed by atoms with E-state index in [1.807, 2.05) is 0 Å². The number of nitrogens with one attached hydrogen (secondary N) is 1. The van der Waals surface area contributed by atoms with Crippen molar-refractivity contribution in [1.82, 2.24) is 10.2 Å². The molecular formula is C8H14N4O4. The third kappa shape index (κ3) is 1.94. The van der Waals surface area contributed by atoms with Crippen molar-refractivity contribution in [3.8, 4) is 0 Å². The summed E-state index contributed by atoms with van der Waals surface area (Å²) in [5.74, 6) is 0.0681. The van der Waals surface area contributed by atoms with E-state index in [-0.39, 0.29) is 25.7 Å². The lowest BCUT2D eigenvalue weighted by Gasteiger charge is -2.29. The third-order valence-electron chi connectivity index (χ3n) is 2.62. The SMILES string of the molecule is NC1=NCN([C@@H]2C[C@H](O)[C@@H](CO)O2)C(=O)N1. The van der Waals surface area contributed by atoms with E-state index >= 15 is 0 Å². The Kier molecular flexibility index (Phi) is 2.95. The largest absolute Gasteiger partial charge is 0.394 e. The topological polar surface area (TPSA) is 120 Å². The second kappa shape index (κ2) is 4.24. The van der Waals surface area contributed by atoms with Crippen molar-refractivity contribution in [2.24, 2.45) is 10.7 Å². The average molecular weight is 230 g/mol. The molecule has 1 fully saturated rings. The van der Waals surface area contributed by atoms with Crippen molar-refractivity contribution in [2.75, 3.05) is 13.3 Å². The highest BCUT2D eigenvalue weighted by molar-refractivity contribution is 5.96. The van der Waals surface area contributed by atoms with Crippen molar-refractivity contribution >= 4 is 12.0 Å². The molecule has 0 aromatic carbocycles. The molecule has 2 amide bonds. The van der Waals surface area contributed by atoms with Crippen LogP contribution < -0.4 is 11.1 Å². The number of ether oxygens (including phenoxy) is 1. The summed E-state index contributed by atoms with van der Waals surface area (Å²) in [5, 5.41) is 20.8. The number of rotatable bonds is 2. The van der Waals surface area contributed by atoms with Crippen molar-refractivity contribution in [1.29, 1.82) is 0 Å². The molecule has 0 aliphatic carbocycles. The van der Waals surface area contributed by atoms with Crippen LogP contribution in [0.15, 0.2) is 4.99 Å². The first-order valence-corrected chi connectivity index (χ1v) is 4.93. The van der Waals surface area contributed by atoms with Crippen LogP contribution >= 0.6 is 0 Å². The van der Waals surface area contributed by atoms with Gasteiger partial charge in [-0.05, 0) is 0 Å². The van der Waals surface area contributed by atoms with Crippen LogP contribution in [-0.4, -0.2) is 58.8 Å². The van der Waals surface area contributed by atoms with Gasteiger partial charge in [-0.2, -0.15) is 0 Å². The normalized spacial score (nSPS) is 34.9. The van der Waals surface area contributed by atoms with Crippen molar-refractivity contribution < 1.29 is 19.7 Å². The van der Waals surface area contributed by atoms with Gasteiger partial charge in [-0.25, -0.2) is 9.79 Å². The Morgan fingerprint density at radius 1 is 1.69 bits per heavy atom. The number of carbonyl (C=O) groups is 1. The van der Waals surface area contributed by atoms with Crippen molar-refractivity contribution in [2.45, 2.75) is 24.9 Å². The second-order valence-electron chi connectivity index (χ2n) is 3.70. The number of aliphatic hydroxyl groups excluding tert-OH is 2. The van der Waals surface area contributed by atoms with Gasteiger partial charge in [0.1, 0.15) is 19.0 Å². The van der Waals surface area contributed by atoms with Gasteiger partial charge in [0.15, 0.2) is 5.96 Å². The maximum atomic E-state index is 11.5. The molecule has 0 aromatic rings. The molecule has 0 unspecified atom stereocenters. The highest BCUT2D eigenvalue weighted by Crippen LogP contribution is 2.23. The highest BCUT2D eigenvalue weighted by Gasteiger charge is 2.39. The monoisotopic (exact) mass is 230 g/mol. The van der Waals surface area contributed by atoms with Crippen LogP contribution in [0.25, 0.3) is 0 Å². The first kappa shape index (κ1) is 11.1. The standard InChI is InChI=1S/C8H14N4O4/c9-7-10-3-12(8(15)11-7)6-1-4(14)5(2-13)16-6/h4-6,13-14H,1-3H2,(H3,9,10,11,15)/t4-,5+,6-/m0/s1. The van der Waals surface area contributed by atoms with E-state index in [4.69, 9.17) is 15.6 Å². The Balaban J connectivity index is 2.02. The summed E-state index contributed by atoms with van der Waals surface area (Å²) < 4.78 is 5.32. The minimum absolute atomic E-state index is 0.0681. The molecular weight excluding hydrogens is 216 g/mol. The number of amides is 2. The molecule has 0 radical (unpaired) electrons. The second-order valence-corrected chi connectivity index (χ2v) is 3.70. The molecule has 0 saturated carbocycles. The van der Waals surface area contributed by atoms with E-state index < -0.39 is 24.5 Å². The number of urea groups is 1. The van der Waals surface area contributed by atoms with Gasteiger partial charge >= 0.3 is 6.03 Å². The van der Waals surface area contributed by atoms with Crippen molar-refractivity contribution in [3.05, 3.63) is 0 Å². The fourth-order valence-electron chi connectivity index (χ4n) is 1.73. The predicted molar refractivity (Wildman–Crippen MR) is 53.2 cm³/mol. The summed E-state index contributed by atoms with van der Waals surface area (Å²) in [6, 6.07) is -0.414. The summed E-state index contributed by atoms with van der Waals surface area (Å²) in [6.45, 7) is -0.189. The zero-order chi connectivity index (χ0) is 11.7. The molecule has 2 aliphatic heterocycles. The van der Waals surface area contributed by atoms with E-state index in [9.17, 15) is 9.90 Å². The van der Waals surface area contributed by atoms with Crippen molar-refractivity contribution in [3.63, 3.8) is 0 Å². The van der Waals surface area contributed by atoms with Crippen LogP contribution in [0.5, 0.6) is 0 Å². The first-order valence-electron chi connectivity index (χ1n) is 4.93. The molecule has 2 aliphatic rings. The Morgan fingerprint density at radius 3 is 3.00 bits per heavy atom. The Labute approximate surface area is 91.7 Å². The van der Waals surface area contributed by atoms with Crippen LogP contribution in [0.2, 0.25) is 0 Å². The average Bonchev–Trinajstić information content (AvgIpc) is 2.59. The molecule has 1 saturated heterocycles. The van der Waals surface area contributed by atoms with E-state index in [0.717, 1.165) is 0 Å². The maximum Gasteiger partial charge on any atom is 0.327 e. The molecule has 0 aromatic heterocycles. The number of hydrogen-bond acceptors (Lipinski definition) is 6. The molecule has 8 heteroatoms. The van der Waals surface area contributed by atoms with Gasteiger partial charge in [0.05, 0.1) is 12.7 Å². The molecule has 0 spiro atoms. The molecule has 5 N–H and O–H groups in total. The van der Waals surface area contributed by atoms with Gasteiger partial charge in [-0.1, -0.05) is 0 Å². The number of carbonyl (C=O) groups excluding carboxylic acids is 1. The fourth-order valence-corrected chi connectivity index (χ4v) is 1.73. The predicted octanol–water partition coefficient (Wildman–Crippen LogP) is -2.25. The van der Waals surface area contributed by atoms with E-state index in [0.29, 0.717) is 0 Å². The lowest BCUT2D eigenvalue weighted by atomic mass is 10.2. The fraction of sp³-hybridized carbons (Fsp3) is 0.750. The summed E-state index contributed by atoms with van der Waals surface area (Å²) in [4.78, 5) is 16.7. The van der Waals surface area contributed by atoms with Crippen LogP contribution in [0.4, 0.5) is 4.79 Å². The van der Waals surface area contributed by atoms with Gasteiger partial charge in [-0.15, -0.1) is 0 Å². The molecule has 2 heterocycles. The van der Waals surface area contributed by atoms with Gasteiger partial charge in [0, 0.05) is 6.42 Å². The lowest BCUT2D eigenvalue weighted by molar-refractivity contribution is -0.0637. The number of nitrogens with two attached hydrogens (primary N) is 1. The molecule has 90 valence electrons. The van der Waals surface area contributed by atoms with E-state index in [2.05, 4.69) is 10.3 Å². The van der Waals surface area contributed by atoms with Gasteiger partial charge < -0.3 is 20.7 Å². The minimum atomic E-state index is -0.772. The molecule has 2 rings (SSSR count). The Bertz CT molecular complexity index is 321. The first-order chi connectivity index (χ1) is 7.61. The van der Waals surface area contributed by atoms with Crippen LogP contribution in [0.3, 0.4) is 0 Å². The summed E-state index contributed by atoms with van der Waals surface area (Å²) in [7, 11) is 0. The smallest absolute Gasteiger partial charge is 0.327 e. The molecule has 0 bridgehead atoms.